The van der Waals surface area contributed by atoms with E-state index in [1.165, 1.54) is 104 Å². The Morgan fingerprint density at radius 1 is 0.511 bits per heavy atom. The molecule has 0 bridgehead atoms. The van der Waals surface area contributed by atoms with Crippen LogP contribution in [0.1, 0.15) is 88.1 Å². The number of hydrogen-bond acceptors (Lipinski definition) is 1. The summed E-state index contributed by atoms with van der Waals surface area (Å²) in [6, 6.07) is 46.5. The minimum absolute atomic E-state index is 0.0422. The molecule has 6 aromatic rings. The van der Waals surface area contributed by atoms with Gasteiger partial charge < -0.3 is 4.90 Å². The normalized spacial score (nSPS) is 16.6. The van der Waals surface area contributed by atoms with Crippen LogP contribution in [0.5, 0.6) is 0 Å². The van der Waals surface area contributed by atoms with E-state index in [1.807, 2.05) is 0 Å². The highest BCUT2D eigenvalue weighted by molar-refractivity contribution is 6.02. The largest absolute Gasteiger partial charge is 0.310 e. The fourth-order valence-electron chi connectivity index (χ4n) is 9.49. The van der Waals surface area contributed by atoms with Gasteiger partial charge in [-0.3, -0.25) is 0 Å². The maximum Gasteiger partial charge on any atom is 0.0540 e. The second-order valence-corrected chi connectivity index (χ2v) is 15.7. The molecule has 1 fully saturated rings. The molecule has 1 heteroatoms. The first-order chi connectivity index (χ1) is 22.7. The number of hydrogen-bond donors (Lipinski definition) is 0. The van der Waals surface area contributed by atoms with E-state index in [0.717, 1.165) is 0 Å². The summed E-state index contributed by atoms with van der Waals surface area (Å²) < 4.78 is 0. The Morgan fingerprint density at radius 2 is 1.04 bits per heavy atom. The summed E-state index contributed by atoms with van der Waals surface area (Å²) in [5, 5.41) is 2.62. The lowest BCUT2D eigenvalue weighted by atomic mass is 9.76. The van der Waals surface area contributed by atoms with Gasteiger partial charge in [0, 0.05) is 27.6 Å². The van der Waals surface area contributed by atoms with Crippen molar-refractivity contribution in [1.82, 2.24) is 0 Å². The second kappa shape index (κ2) is 9.94. The summed E-state index contributed by atoms with van der Waals surface area (Å²) in [6.45, 7) is 11.7. The second-order valence-electron chi connectivity index (χ2n) is 15.7. The molecule has 0 amide bonds. The minimum atomic E-state index is -0.0702. The Kier molecular flexibility index (Phi) is 6.05. The van der Waals surface area contributed by atoms with Gasteiger partial charge in [0.05, 0.1) is 5.69 Å². The first-order valence-electron chi connectivity index (χ1n) is 17.5. The molecule has 6 aromatic carbocycles. The molecule has 232 valence electrons. The Bertz CT molecular complexity index is 2220. The highest BCUT2D eigenvalue weighted by Gasteiger charge is 2.45. The van der Waals surface area contributed by atoms with E-state index in [0.29, 0.717) is 0 Å². The number of benzene rings is 6. The van der Waals surface area contributed by atoms with Crippen molar-refractivity contribution in [3.63, 3.8) is 0 Å². The monoisotopic (exact) mass is 609 g/mol. The van der Waals surface area contributed by atoms with E-state index >= 15 is 0 Å². The third-order valence-corrected chi connectivity index (χ3v) is 11.7. The Hall–Kier alpha value is -4.62. The summed E-state index contributed by atoms with van der Waals surface area (Å²) in [4.78, 5) is 2.56. The van der Waals surface area contributed by atoms with E-state index in [4.69, 9.17) is 0 Å². The van der Waals surface area contributed by atoms with Gasteiger partial charge in [-0.15, -0.1) is 0 Å². The zero-order chi connectivity index (χ0) is 32.1. The van der Waals surface area contributed by atoms with Crippen LogP contribution in [0, 0.1) is 0 Å². The van der Waals surface area contributed by atoms with Crippen molar-refractivity contribution in [1.29, 1.82) is 0 Å². The molecule has 9 rings (SSSR count). The van der Waals surface area contributed by atoms with Crippen molar-refractivity contribution >= 4 is 27.8 Å². The first-order valence-corrected chi connectivity index (χ1v) is 17.5. The van der Waals surface area contributed by atoms with Crippen LogP contribution in [0.25, 0.3) is 33.0 Å². The molecule has 3 aliphatic rings. The fourth-order valence-corrected chi connectivity index (χ4v) is 9.49. The molecule has 47 heavy (non-hydrogen) atoms. The standard InChI is InChI=1S/C46H43N/c1-44(2,3)38-24-25-43(37-17-7-6-16-34(37)38)47(30-20-22-35-32-14-8-10-18-39(32)45(4,5)41(35)28-30)31-21-23-36-33-15-9-11-19-40(33)46(42(36)29-31)26-12-13-27-46/h6-11,14-25,28-29H,12-13,26-27H2,1-5H3. The quantitative estimate of drug-likeness (QED) is 0.193. The molecule has 1 spiro atoms. The highest BCUT2D eigenvalue weighted by atomic mass is 15.1. The lowest BCUT2D eigenvalue weighted by Gasteiger charge is -2.32. The van der Waals surface area contributed by atoms with Gasteiger partial charge in [0.1, 0.15) is 0 Å². The SMILES string of the molecule is CC(C)(C)c1ccc(N(c2ccc3c(c2)C(C)(C)c2ccccc2-3)c2ccc3c(c2)C2(CCCC2)c2ccccc2-3)c2ccccc12. The summed E-state index contributed by atoms with van der Waals surface area (Å²) in [6.07, 6.45) is 5.05. The molecule has 1 saturated carbocycles. The van der Waals surface area contributed by atoms with Gasteiger partial charge in [-0.2, -0.15) is 0 Å². The number of anilines is 3. The van der Waals surface area contributed by atoms with Crippen LogP contribution in [0.2, 0.25) is 0 Å². The Morgan fingerprint density at radius 3 is 1.72 bits per heavy atom. The average Bonchev–Trinajstić information content (AvgIpc) is 3.74. The molecule has 0 aliphatic heterocycles. The number of nitrogens with zero attached hydrogens (tertiary/aromatic N) is 1. The van der Waals surface area contributed by atoms with Crippen LogP contribution < -0.4 is 4.90 Å². The molecule has 0 radical (unpaired) electrons. The van der Waals surface area contributed by atoms with Crippen molar-refractivity contribution in [2.24, 2.45) is 0 Å². The van der Waals surface area contributed by atoms with Crippen LogP contribution in [0.3, 0.4) is 0 Å². The molecule has 1 nitrogen and oxygen atoms in total. The smallest absolute Gasteiger partial charge is 0.0540 e. The van der Waals surface area contributed by atoms with Crippen LogP contribution in [0.15, 0.2) is 121 Å². The predicted octanol–water partition coefficient (Wildman–Crippen LogP) is 12.8. The Balaban J connectivity index is 1.30. The van der Waals surface area contributed by atoms with Crippen LogP contribution in [0.4, 0.5) is 17.1 Å². The van der Waals surface area contributed by atoms with Gasteiger partial charge >= 0.3 is 0 Å². The fraction of sp³-hybridized carbons (Fsp3) is 0.261. The highest BCUT2D eigenvalue weighted by Crippen LogP contribution is 2.58. The molecule has 3 aliphatic carbocycles. The van der Waals surface area contributed by atoms with E-state index < -0.39 is 0 Å². The average molecular weight is 610 g/mol. The topological polar surface area (TPSA) is 3.24 Å². The van der Waals surface area contributed by atoms with Gasteiger partial charge in [-0.1, -0.05) is 138 Å². The van der Waals surface area contributed by atoms with Crippen LogP contribution >= 0.6 is 0 Å². The van der Waals surface area contributed by atoms with Crippen molar-refractivity contribution in [3.05, 3.63) is 149 Å². The molecule has 0 heterocycles. The molecule has 0 unspecified atom stereocenters. The van der Waals surface area contributed by atoms with E-state index in [1.54, 1.807) is 0 Å². The zero-order valence-corrected chi connectivity index (χ0v) is 28.3. The molecule has 0 N–H and O–H groups in total. The first kappa shape index (κ1) is 28.6. The van der Waals surface area contributed by atoms with Gasteiger partial charge in [-0.05, 0) is 104 Å². The molecule has 0 atom stereocenters. The van der Waals surface area contributed by atoms with Crippen molar-refractivity contribution in [3.8, 4) is 22.3 Å². The van der Waals surface area contributed by atoms with Crippen molar-refractivity contribution in [2.45, 2.75) is 76.5 Å². The third-order valence-electron chi connectivity index (χ3n) is 11.7. The van der Waals surface area contributed by atoms with E-state index in [2.05, 4.69) is 161 Å². The third kappa shape index (κ3) is 4.02. The van der Waals surface area contributed by atoms with Crippen LogP contribution in [-0.4, -0.2) is 0 Å². The van der Waals surface area contributed by atoms with Crippen molar-refractivity contribution < 1.29 is 0 Å². The predicted molar refractivity (Wildman–Crippen MR) is 200 cm³/mol. The molecular formula is C46H43N. The summed E-state index contributed by atoms with van der Waals surface area (Å²) >= 11 is 0. The lowest BCUT2D eigenvalue weighted by molar-refractivity contribution is 0.550. The maximum absolute atomic E-state index is 2.56. The van der Waals surface area contributed by atoms with Crippen molar-refractivity contribution in [2.75, 3.05) is 4.90 Å². The summed E-state index contributed by atoms with van der Waals surface area (Å²) in [5.41, 5.74) is 16.6. The van der Waals surface area contributed by atoms with Gasteiger partial charge in [0.15, 0.2) is 0 Å². The molecular weight excluding hydrogens is 567 g/mol. The van der Waals surface area contributed by atoms with E-state index in [9.17, 15) is 0 Å². The Labute approximate surface area is 279 Å². The number of rotatable bonds is 3. The van der Waals surface area contributed by atoms with E-state index in [-0.39, 0.29) is 16.2 Å². The minimum Gasteiger partial charge on any atom is -0.310 e. The summed E-state index contributed by atoms with van der Waals surface area (Å²) in [5.74, 6) is 0. The number of fused-ring (bicyclic) bond motifs is 9. The zero-order valence-electron chi connectivity index (χ0n) is 28.3. The van der Waals surface area contributed by atoms with Gasteiger partial charge in [0.25, 0.3) is 0 Å². The van der Waals surface area contributed by atoms with Gasteiger partial charge in [0.2, 0.25) is 0 Å². The van der Waals surface area contributed by atoms with Gasteiger partial charge in [-0.25, -0.2) is 0 Å². The molecule has 0 saturated heterocycles. The summed E-state index contributed by atoms with van der Waals surface area (Å²) in [7, 11) is 0. The lowest BCUT2D eigenvalue weighted by Crippen LogP contribution is -2.21. The van der Waals surface area contributed by atoms with Crippen LogP contribution in [-0.2, 0) is 16.2 Å². The maximum atomic E-state index is 2.56. The molecule has 0 aromatic heterocycles.